The standard InChI is InChI=1S/C31H36N4O/c1-22-21-33-30-10-5-24(19-29(22)30)6-11-31(36)34-28-8-3-23(4-9-28)12-15-35-16-13-26-7-2-25(20-32)18-27(26)14-17-35/h2,5-7,10-11,18-19,21,23,28,33H,3-4,8-9,12-17H2,1H3,(H,34,36)/b11-6+. The summed E-state index contributed by atoms with van der Waals surface area (Å²) < 4.78 is 0. The van der Waals surface area contributed by atoms with Crippen LogP contribution in [-0.4, -0.2) is 41.5 Å². The Kier molecular flexibility index (Phi) is 7.53. The highest BCUT2D eigenvalue weighted by atomic mass is 16.1. The molecule has 5 heteroatoms. The maximum absolute atomic E-state index is 12.5. The Morgan fingerprint density at radius 3 is 2.72 bits per heavy atom. The second-order valence-corrected chi connectivity index (χ2v) is 10.6. The number of carbonyl (C=O) groups excluding carboxylic acids is 1. The van der Waals surface area contributed by atoms with Gasteiger partial charge in [-0.1, -0.05) is 12.1 Å². The summed E-state index contributed by atoms with van der Waals surface area (Å²) in [7, 11) is 0. The number of aryl methyl sites for hydroxylation is 1. The molecule has 0 atom stereocenters. The van der Waals surface area contributed by atoms with E-state index in [0.29, 0.717) is 0 Å². The zero-order valence-electron chi connectivity index (χ0n) is 21.2. The van der Waals surface area contributed by atoms with E-state index in [1.165, 1.54) is 41.3 Å². The fourth-order valence-electron chi connectivity index (χ4n) is 5.83. The molecule has 0 bridgehead atoms. The van der Waals surface area contributed by atoms with Crippen LogP contribution in [0.4, 0.5) is 0 Å². The summed E-state index contributed by atoms with van der Waals surface area (Å²) in [5, 5.41) is 13.6. The summed E-state index contributed by atoms with van der Waals surface area (Å²) in [5.74, 6) is 0.758. The SMILES string of the molecule is Cc1c[nH]c2ccc(/C=C/C(=O)NC3CCC(CCN4CCc5ccc(C#N)cc5CC4)CC3)cc12. The van der Waals surface area contributed by atoms with Crippen molar-refractivity contribution in [1.82, 2.24) is 15.2 Å². The molecule has 1 amide bonds. The van der Waals surface area contributed by atoms with E-state index in [1.807, 2.05) is 24.4 Å². The maximum Gasteiger partial charge on any atom is 0.244 e. The molecule has 1 aromatic heterocycles. The van der Waals surface area contributed by atoms with Gasteiger partial charge in [0, 0.05) is 42.3 Å². The van der Waals surface area contributed by atoms with E-state index in [0.717, 1.165) is 67.9 Å². The molecule has 0 spiro atoms. The fraction of sp³-hybridized carbons (Fsp3) is 0.419. The van der Waals surface area contributed by atoms with Crippen LogP contribution in [0, 0.1) is 24.2 Å². The Labute approximate surface area is 214 Å². The average molecular weight is 481 g/mol. The molecule has 0 radical (unpaired) electrons. The number of aromatic nitrogens is 1. The lowest BCUT2D eigenvalue weighted by Crippen LogP contribution is -2.37. The van der Waals surface area contributed by atoms with Crippen molar-refractivity contribution in [3.8, 4) is 6.07 Å². The third kappa shape index (κ3) is 5.88. The summed E-state index contributed by atoms with van der Waals surface area (Å²) >= 11 is 0. The number of nitriles is 1. The lowest BCUT2D eigenvalue weighted by molar-refractivity contribution is -0.117. The Morgan fingerprint density at radius 2 is 1.92 bits per heavy atom. The van der Waals surface area contributed by atoms with Crippen LogP contribution in [0.5, 0.6) is 0 Å². The molecule has 5 nitrogen and oxygen atoms in total. The zero-order chi connectivity index (χ0) is 24.9. The van der Waals surface area contributed by atoms with Crippen LogP contribution in [0.25, 0.3) is 17.0 Å². The minimum Gasteiger partial charge on any atom is -0.361 e. The van der Waals surface area contributed by atoms with Crippen LogP contribution < -0.4 is 5.32 Å². The molecule has 1 fully saturated rings. The van der Waals surface area contributed by atoms with Crippen molar-refractivity contribution in [2.24, 2.45) is 5.92 Å². The van der Waals surface area contributed by atoms with Gasteiger partial charge in [0.2, 0.25) is 5.91 Å². The van der Waals surface area contributed by atoms with E-state index in [4.69, 9.17) is 0 Å². The molecule has 0 unspecified atom stereocenters. The topological polar surface area (TPSA) is 71.9 Å². The number of amides is 1. The number of benzene rings is 2. The Balaban J connectivity index is 1.03. The first-order valence-electron chi connectivity index (χ1n) is 13.4. The van der Waals surface area contributed by atoms with Crippen molar-refractivity contribution in [2.45, 2.75) is 57.9 Å². The number of hydrogen-bond acceptors (Lipinski definition) is 3. The molecular weight excluding hydrogens is 444 g/mol. The van der Waals surface area contributed by atoms with Gasteiger partial charge in [-0.05, 0) is 117 Å². The number of nitrogens with one attached hydrogen (secondary N) is 2. The predicted octanol–water partition coefficient (Wildman–Crippen LogP) is 5.53. The zero-order valence-corrected chi connectivity index (χ0v) is 21.2. The first-order chi connectivity index (χ1) is 17.6. The highest BCUT2D eigenvalue weighted by molar-refractivity contribution is 5.93. The second kappa shape index (κ2) is 11.1. The number of H-pyrrole nitrogens is 1. The van der Waals surface area contributed by atoms with E-state index in [1.54, 1.807) is 6.08 Å². The number of carbonyl (C=O) groups is 1. The molecule has 1 saturated carbocycles. The van der Waals surface area contributed by atoms with Crippen LogP contribution >= 0.6 is 0 Å². The highest BCUT2D eigenvalue weighted by Gasteiger charge is 2.23. The number of fused-ring (bicyclic) bond motifs is 2. The molecule has 186 valence electrons. The monoisotopic (exact) mass is 480 g/mol. The van der Waals surface area contributed by atoms with Crippen molar-refractivity contribution < 1.29 is 4.79 Å². The normalized spacial score (nSPS) is 20.7. The van der Waals surface area contributed by atoms with Gasteiger partial charge in [-0.15, -0.1) is 0 Å². The van der Waals surface area contributed by atoms with Gasteiger partial charge >= 0.3 is 0 Å². The van der Waals surface area contributed by atoms with E-state index >= 15 is 0 Å². The van der Waals surface area contributed by atoms with Crippen molar-refractivity contribution in [2.75, 3.05) is 19.6 Å². The molecule has 2 N–H and O–H groups in total. The largest absolute Gasteiger partial charge is 0.361 e. The van der Waals surface area contributed by atoms with Crippen LogP contribution in [0.1, 0.15) is 59.9 Å². The molecule has 1 aliphatic carbocycles. The second-order valence-electron chi connectivity index (χ2n) is 10.6. The summed E-state index contributed by atoms with van der Waals surface area (Å²) in [6.07, 6.45) is 13.5. The van der Waals surface area contributed by atoms with E-state index < -0.39 is 0 Å². The number of rotatable bonds is 6. The minimum absolute atomic E-state index is 0.00743. The summed E-state index contributed by atoms with van der Waals surface area (Å²) in [6.45, 7) is 5.42. The Bertz CT molecular complexity index is 1290. The third-order valence-electron chi connectivity index (χ3n) is 8.12. The summed E-state index contributed by atoms with van der Waals surface area (Å²) in [5.41, 5.74) is 6.92. The van der Waals surface area contributed by atoms with Gasteiger partial charge in [-0.2, -0.15) is 5.26 Å². The summed E-state index contributed by atoms with van der Waals surface area (Å²) in [4.78, 5) is 18.4. The number of aromatic amines is 1. The van der Waals surface area contributed by atoms with Gasteiger partial charge in [-0.3, -0.25) is 4.79 Å². The van der Waals surface area contributed by atoms with Gasteiger partial charge in [0.1, 0.15) is 0 Å². The number of hydrogen-bond donors (Lipinski definition) is 2. The molecule has 1 aliphatic heterocycles. The molecule has 2 heterocycles. The Morgan fingerprint density at radius 1 is 1.11 bits per heavy atom. The first kappa shape index (κ1) is 24.3. The van der Waals surface area contributed by atoms with Crippen LogP contribution in [0.2, 0.25) is 0 Å². The van der Waals surface area contributed by atoms with E-state index in [2.05, 4.69) is 52.5 Å². The lowest BCUT2D eigenvalue weighted by atomic mass is 9.84. The van der Waals surface area contributed by atoms with Gasteiger partial charge in [0.25, 0.3) is 0 Å². The van der Waals surface area contributed by atoms with Crippen molar-refractivity contribution in [3.05, 3.63) is 76.5 Å². The quantitative estimate of drug-likeness (QED) is 0.456. The van der Waals surface area contributed by atoms with Crippen molar-refractivity contribution in [1.29, 1.82) is 5.26 Å². The molecule has 3 aromatic rings. The smallest absolute Gasteiger partial charge is 0.244 e. The number of nitrogens with zero attached hydrogens (tertiary/aromatic N) is 2. The predicted molar refractivity (Wildman–Crippen MR) is 146 cm³/mol. The van der Waals surface area contributed by atoms with Crippen molar-refractivity contribution in [3.63, 3.8) is 0 Å². The first-order valence-corrected chi connectivity index (χ1v) is 13.4. The Hall–Kier alpha value is -3.36. The van der Waals surface area contributed by atoms with Gasteiger partial charge < -0.3 is 15.2 Å². The van der Waals surface area contributed by atoms with Gasteiger partial charge in [0.15, 0.2) is 0 Å². The summed E-state index contributed by atoms with van der Waals surface area (Å²) in [6, 6.07) is 15.0. The molecular formula is C31H36N4O. The van der Waals surface area contributed by atoms with Crippen molar-refractivity contribution >= 4 is 22.9 Å². The molecule has 0 saturated heterocycles. The fourth-order valence-corrected chi connectivity index (χ4v) is 5.83. The van der Waals surface area contributed by atoms with Gasteiger partial charge in [-0.25, -0.2) is 0 Å². The van der Waals surface area contributed by atoms with Gasteiger partial charge in [0.05, 0.1) is 11.6 Å². The third-order valence-corrected chi connectivity index (χ3v) is 8.12. The molecule has 2 aliphatic rings. The lowest BCUT2D eigenvalue weighted by Gasteiger charge is -2.30. The van der Waals surface area contributed by atoms with Crippen LogP contribution in [0.3, 0.4) is 0 Å². The van der Waals surface area contributed by atoms with E-state index in [-0.39, 0.29) is 11.9 Å². The molecule has 5 rings (SSSR count). The molecule has 36 heavy (non-hydrogen) atoms. The average Bonchev–Trinajstić information content (AvgIpc) is 3.14. The molecule has 2 aromatic carbocycles. The minimum atomic E-state index is 0.00743. The van der Waals surface area contributed by atoms with Crippen LogP contribution in [0.15, 0.2) is 48.7 Å². The maximum atomic E-state index is 12.5. The highest BCUT2D eigenvalue weighted by Crippen LogP contribution is 2.28. The van der Waals surface area contributed by atoms with Crippen LogP contribution in [-0.2, 0) is 17.6 Å². The van der Waals surface area contributed by atoms with E-state index in [9.17, 15) is 10.1 Å².